The summed E-state index contributed by atoms with van der Waals surface area (Å²) in [6.45, 7) is -0.0928. The van der Waals surface area contributed by atoms with Crippen LogP contribution in [0, 0.1) is 11.6 Å². The van der Waals surface area contributed by atoms with Gasteiger partial charge in [0, 0.05) is 43.8 Å². The summed E-state index contributed by atoms with van der Waals surface area (Å²) >= 11 is 0. The van der Waals surface area contributed by atoms with E-state index in [1.165, 1.54) is 14.2 Å². The van der Waals surface area contributed by atoms with E-state index in [1.54, 1.807) is 0 Å². The monoisotopic (exact) mass is 329 g/mol. The van der Waals surface area contributed by atoms with Crippen LogP contribution in [-0.2, 0) is 14.2 Å². The van der Waals surface area contributed by atoms with Gasteiger partial charge in [-0.1, -0.05) is 5.11 Å². The summed E-state index contributed by atoms with van der Waals surface area (Å²) in [6, 6.07) is 2.14. The molecule has 0 N–H and O–H groups in total. The highest BCUT2D eigenvalue weighted by atomic mass is 19.1. The van der Waals surface area contributed by atoms with Crippen LogP contribution in [-0.4, -0.2) is 45.4 Å². The first-order valence-electron chi connectivity index (χ1n) is 6.91. The van der Waals surface area contributed by atoms with Crippen molar-refractivity contribution in [2.45, 2.75) is 31.0 Å². The lowest BCUT2D eigenvalue weighted by atomic mass is 10.1. The predicted molar refractivity (Wildman–Crippen MR) is 75.9 cm³/mol. The summed E-state index contributed by atoms with van der Waals surface area (Å²) in [6.07, 6.45) is -0.917. The van der Waals surface area contributed by atoms with Gasteiger partial charge in [0.2, 0.25) is 0 Å². The number of hydrogen-bond donors (Lipinski definition) is 0. The molecule has 1 unspecified atom stereocenters. The molecule has 1 heterocycles. The average Bonchev–Trinajstić information content (AvgIpc) is 2.93. The molecule has 9 heteroatoms. The number of methoxy groups -OCH3 is 2. The molecule has 1 aliphatic rings. The second kappa shape index (κ2) is 8.07. The van der Waals surface area contributed by atoms with Gasteiger partial charge in [-0.3, -0.25) is 0 Å². The zero-order valence-corrected chi connectivity index (χ0v) is 12.7. The van der Waals surface area contributed by atoms with E-state index in [4.69, 9.17) is 24.5 Å². The lowest BCUT2D eigenvalue weighted by Gasteiger charge is -2.19. The van der Waals surface area contributed by atoms with Crippen molar-refractivity contribution in [1.29, 1.82) is 0 Å². The van der Waals surface area contributed by atoms with E-state index in [9.17, 15) is 8.78 Å². The highest BCUT2D eigenvalue weighted by Gasteiger charge is 2.39. The summed E-state index contributed by atoms with van der Waals surface area (Å²) in [5.41, 5.74) is 8.69. The molecule has 0 bridgehead atoms. The molecule has 1 fully saturated rings. The molecule has 2 rings (SSSR count). The Morgan fingerprint density at radius 2 is 2.00 bits per heavy atom. The fraction of sp³-hybridized carbons (Fsp3) is 0.571. The van der Waals surface area contributed by atoms with Crippen molar-refractivity contribution in [3.05, 3.63) is 40.3 Å². The van der Waals surface area contributed by atoms with Crippen molar-refractivity contribution in [3.63, 3.8) is 0 Å². The Labute approximate surface area is 131 Å². The van der Waals surface area contributed by atoms with E-state index in [1.807, 2.05) is 0 Å². The van der Waals surface area contributed by atoms with Crippen LogP contribution in [0.1, 0.15) is 6.42 Å². The fourth-order valence-electron chi connectivity index (χ4n) is 2.39. The molecule has 1 saturated heterocycles. The summed E-state index contributed by atoms with van der Waals surface area (Å²) in [4.78, 5) is 2.76. The van der Waals surface area contributed by atoms with Gasteiger partial charge in [0.1, 0.15) is 23.5 Å². The van der Waals surface area contributed by atoms with Gasteiger partial charge in [0.05, 0.1) is 18.8 Å². The first kappa shape index (κ1) is 17.4. The van der Waals surface area contributed by atoms with Crippen LogP contribution >= 0.6 is 0 Å². The molecule has 1 aromatic rings. The minimum absolute atomic E-state index is 0.00483. The highest BCUT2D eigenvalue weighted by Crippen LogP contribution is 2.27. The largest absolute Gasteiger partial charge is 0.493 e. The Morgan fingerprint density at radius 3 is 2.52 bits per heavy atom. The van der Waals surface area contributed by atoms with Gasteiger partial charge in [0.25, 0.3) is 0 Å². The Balaban J connectivity index is 2.03. The summed E-state index contributed by atoms with van der Waals surface area (Å²) in [7, 11) is 3.00. The summed E-state index contributed by atoms with van der Waals surface area (Å²) < 4.78 is 47.6. The van der Waals surface area contributed by atoms with Crippen molar-refractivity contribution in [1.82, 2.24) is 0 Å². The van der Waals surface area contributed by atoms with E-state index in [0.717, 1.165) is 18.2 Å². The number of rotatable bonds is 7. The predicted octanol–water partition coefficient (Wildman–Crippen LogP) is 2.80. The normalized spacial score (nSPS) is 25.0. The maximum atomic E-state index is 13.1. The lowest BCUT2D eigenvalue weighted by Crippen LogP contribution is -2.30. The molecule has 0 aliphatic carbocycles. The minimum atomic E-state index is -0.753. The average molecular weight is 329 g/mol. The van der Waals surface area contributed by atoms with Crippen molar-refractivity contribution < 1.29 is 27.7 Å². The Hall–Kier alpha value is -1.93. The molecule has 0 radical (unpaired) electrons. The number of ether oxygens (including phenoxy) is 4. The van der Waals surface area contributed by atoms with Crippen LogP contribution in [0.25, 0.3) is 10.4 Å². The lowest BCUT2D eigenvalue weighted by molar-refractivity contribution is -0.157. The van der Waals surface area contributed by atoms with Gasteiger partial charge in [0.15, 0.2) is 6.29 Å². The topological polar surface area (TPSA) is 85.7 Å². The fourth-order valence-corrected chi connectivity index (χ4v) is 2.39. The van der Waals surface area contributed by atoms with Gasteiger partial charge in [-0.15, -0.1) is 0 Å². The van der Waals surface area contributed by atoms with E-state index < -0.39 is 30.1 Å². The highest BCUT2D eigenvalue weighted by molar-refractivity contribution is 5.23. The van der Waals surface area contributed by atoms with Crippen molar-refractivity contribution in [2.75, 3.05) is 20.8 Å². The molecule has 0 aromatic heterocycles. The van der Waals surface area contributed by atoms with Crippen molar-refractivity contribution >= 4 is 0 Å². The van der Waals surface area contributed by atoms with Crippen LogP contribution in [0.5, 0.6) is 5.75 Å². The summed E-state index contributed by atoms with van der Waals surface area (Å²) in [5, 5.41) is 3.64. The Morgan fingerprint density at radius 1 is 1.30 bits per heavy atom. The van der Waals surface area contributed by atoms with Crippen molar-refractivity contribution in [2.24, 2.45) is 5.11 Å². The van der Waals surface area contributed by atoms with Crippen molar-refractivity contribution in [3.8, 4) is 5.75 Å². The molecule has 7 nitrogen and oxygen atoms in total. The van der Waals surface area contributed by atoms with Gasteiger partial charge in [-0.2, -0.15) is 0 Å². The van der Waals surface area contributed by atoms with Crippen LogP contribution < -0.4 is 4.74 Å². The molecule has 1 aromatic carbocycles. The quantitative estimate of drug-likeness (QED) is 0.437. The first-order valence-corrected chi connectivity index (χ1v) is 6.91. The molecule has 0 amide bonds. The maximum absolute atomic E-state index is 13.1. The standard InChI is InChI=1S/C14H17F2N3O4/c1-20-13-6-12(23-14(13)21-2)11(18-19-17)7-22-10-4-8(15)3-9(16)5-10/h3-5,11-14H,6-7H2,1-2H3/t11-,12-,13+,14?/m0/s1. The second-order valence-corrected chi connectivity index (χ2v) is 4.98. The molecule has 0 saturated carbocycles. The number of benzene rings is 1. The SMILES string of the molecule is COC1O[C@H]([C@H](COc2cc(F)cc(F)c2)N=[N+]=[N-])C[C@H]1OC. The van der Waals surface area contributed by atoms with E-state index in [0.29, 0.717) is 6.42 Å². The van der Waals surface area contributed by atoms with E-state index in [2.05, 4.69) is 10.0 Å². The van der Waals surface area contributed by atoms with Gasteiger partial charge < -0.3 is 18.9 Å². The second-order valence-electron chi connectivity index (χ2n) is 4.98. The molecular formula is C14H17F2N3O4. The zero-order valence-electron chi connectivity index (χ0n) is 12.7. The zero-order chi connectivity index (χ0) is 16.8. The molecule has 23 heavy (non-hydrogen) atoms. The van der Waals surface area contributed by atoms with Gasteiger partial charge in [-0.05, 0) is 5.53 Å². The Kier molecular flexibility index (Phi) is 6.12. The first-order chi connectivity index (χ1) is 11.1. The molecular weight excluding hydrogens is 312 g/mol. The van der Waals surface area contributed by atoms with Gasteiger partial charge in [-0.25, -0.2) is 8.78 Å². The van der Waals surface area contributed by atoms with E-state index >= 15 is 0 Å². The third kappa shape index (κ3) is 4.52. The minimum Gasteiger partial charge on any atom is -0.493 e. The number of nitrogens with zero attached hydrogens (tertiary/aromatic N) is 3. The van der Waals surface area contributed by atoms with Gasteiger partial charge >= 0.3 is 0 Å². The smallest absolute Gasteiger partial charge is 0.183 e. The summed E-state index contributed by atoms with van der Waals surface area (Å²) in [5.74, 6) is -1.50. The molecule has 1 aliphatic heterocycles. The molecule has 126 valence electrons. The number of azide groups is 1. The number of hydrogen-bond acceptors (Lipinski definition) is 5. The van der Waals surface area contributed by atoms with Crippen LogP contribution in [0.3, 0.4) is 0 Å². The van der Waals surface area contributed by atoms with Crippen LogP contribution in [0.15, 0.2) is 23.3 Å². The van der Waals surface area contributed by atoms with Crippen LogP contribution in [0.2, 0.25) is 0 Å². The molecule has 4 atom stereocenters. The Bertz CT molecular complexity index is 551. The maximum Gasteiger partial charge on any atom is 0.183 e. The third-order valence-corrected chi connectivity index (χ3v) is 3.50. The van der Waals surface area contributed by atoms with Crippen LogP contribution in [0.4, 0.5) is 8.78 Å². The third-order valence-electron chi connectivity index (χ3n) is 3.50. The molecule has 0 spiro atoms. The number of halogens is 2. The van der Waals surface area contributed by atoms with E-state index in [-0.39, 0.29) is 18.5 Å².